The quantitative estimate of drug-likeness (QED) is 0.338. The van der Waals surface area contributed by atoms with Gasteiger partial charge in [-0.25, -0.2) is 18.0 Å². The fraction of sp³-hybridized carbons (Fsp3) is 0.318. The lowest BCUT2D eigenvalue weighted by molar-refractivity contribution is 0.0305. The van der Waals surface area contributed by atoms with Gasteiger partial charge in [-0.05, 0) is 73.7 Å². The molecule has 0 atom stereocenters. The van der Waals surface area contributed by atoms with Crippen LogP contribution in [0.25, 0.3) is 11.5 Å². The number of carbonyl (C=O) groups excluding carboxylic acids is 1. The molecule has 0 spiro atoms. The average molecular weight is 589 g/mol. The molecule has 3 aromatic rings. The van der Waals surface area contributed by atoms with Crippen molar-refractivity contribution in [3.63, 3.8) is 0 Å². The van der Waals surface area contributed by atoms with Gasteiger partial charge in [-0.1, -0.05) is 5.10 Å². The van der Waals surface area contributed by atoms with Crippen LogP contribution in [-0.2, 0) is 4.74 Å². The van der Waals surface area contributed by atoms with Crippen LogP contribution in [0.3, 0.4) is 0 Å². The number of aromatic nitrogens is 2. The minimum atomic E-state index is -1.22. The number of anilines is 3. The first-order valence-corrected chi connectivity index (χ1v) is 11.2. The third-order valence-corrected chi connectivity index (χ3v) is 5.04. The molecule has 1 amide bonds. The molecule has 2 N–H and O–H groups in total. The Labute approximate surface area is 208 Å². The Kier molecular flexibility index (Phi) is 7.89. The first kappa shape index (κ1) is 25.6. The molecular formula is C22H23F3IN5O3. The molecule has 8 nitrogen and oxygen atoms in total. The monoisotopic (exact) mass is 589 g/mol. The van der Waals surface area contributed by atoms with Crippen LogP contribution in [0.4, 0.5) is 35.4 Å². The highest BCUT2D eigenvalue weighted by Crippen LogP contribution is 2.34. The number of benzene rings is 2. The number of nitrogens with one attached hydrogen (secondary N) is 2. The van der Waals surface area contributed by atoms with Gasteiger partial charge in [0.25, 0.3) is 5.89 Å². The number of halogens is 4. The van der Waals surface area contributed by atoms with Crippen molar-refractivity contribution in [3.05, 3.63) is 51.4 Å². The lowest BCUT2D eigenvalue weighted by Gasteiger charge is -2.24. The lowest BCUT2D eigenvalue weighted by Crippen LogP contribution is -2.36. The average Bonchev–Trinajstić information content (AvgIpc) is 3.20. The molecule has 0 radical (unpaired) electrons. The summed E-state index contributed by atoms with van der Waals surface area (Å²) in [5.41, 5.74) is -0.963. The molecule has 12 heteroatoms. The standard InChI is InChI=1S/C22H23F3IN5O3/c1-22(2,3)34-21(32)31(4)10-9-27-20-30-29-19(33-20)13-6-7-14(23)17(25)18(13)28-16-8-5-12(26)11-15(16)24/h5-8,11,28H,9-10H2,1-4H3,(H,27,30). The third kappa shape index (κ3) is 6.52. The fourth-order valence-corrected chi connectivity index (χ4v) is 3.19. The minimum Gasteiger partial charge on any atom is -0.444 e. The molecule has 2 aromatic carbocycles. The SMILES string of the molecule is CN(CCNc1nnc(-c2ccc(F)c(F)c2Nc2ccc(I)cc2F)o1)C(=O)OC(C)(C)C. The molecule has 3 rings (SSSR count). The van der Waals surface area contributed by atoms with Crippen molar-refractivity contribution in [3.8, 4) is 11.5 Å². The number of nitrogens with zero attached hydrogens (tertiary/aromatic N) is 3. The number of ether oxygens (including phenoxy) is 1. The first-order chi connectivity index (χ1) is 15.9. The summed E-state index contributed by atoms with van der Waals surface area (Å²) in [6.45, 7) is 5.84. The van der Waals surface area contributed by atoms with E-state index in [0.29, 0.717) is 3.57 Å². The topological polar surface area (TPSA) is 92.5 Å². The van der Waals surface area contributed by atoms with Gasteiger partial charge < -0.3 is 24.7 Å². The maximum atomic E-state index is 14.6. The van der Waals surface area contributed by atoms with E-state index in [0.717, 1.165) is 6.07 Å². The molecule has 182 valence electrons. The van der Waals surface area contributed by atoms with Crippen molar-refractivity contribution < 1.29 is 27.1 Å². The number of rotatable bonds is 7. The summed E-state index contributed by atoms with van der Waals surface area (Å²) in [6.07, 6.45) is -0.485. The second kappa shape index (κ2) is 10.5. The van der Waals surface area contributed by atoms with Gasteiger partial charge in [-0.15, -0.1) is 5.10 Å². The van der Waals surface area contributed by atoms with Crippen molar-refractivity contribution >= 4 is 46.1 Å². The highest BCUT2D eigenvalue weighted by Gasteiger charge is 2.22. The van der Waals surface area contributed by atoms with Crippen LogP contribution in [0, 0.1) is 21.0 Å². The van der Waals surface area contributed by atoms with Crippen LogP contribution >= 0.6 is 22.6 Å². The van der Waals surface area contributed by atoms with Crippen LogP contribution in [0.15, 0.2) is 34.7 Å². The van der Waals surface area contributed by atoms with Gasteiger partial charge in [0, 0.05) is 23.7 Å². The van der Waals surface area contributed by atoms with E-state index in [-0.39, 0.29) is 41.9 Å². The molecule has 0 fully saturated rings. The van der Waals surface area contributed by atoms with E-state index in [1.807, 2.05) is 22.6 Å². The highest BCUT2D eigenvalue weighted by atomic mass is 127. The van der Waals surface area contributed by atoms with E-state index in [9.17, 15) is 18.0 Å². The molecule has 1 aromatic heterocycles. The molecular weight excluding hydrogens is 566 g/mol. The van der Waals surface area contributed by atoms with Gasteiger partial charge in [0.2, 0.25) is 0 Å². The first-order valence-electron chi connectivity index (χ1n) is 10.2. The summed E-state index contributed by atoms with van der Waals surface area (Å²) in [5, 5.41) is 13.1. The molecule has 0 aliphatic carbocycles. The largest absolute Gasteiger partial charge is 0.444 e. The fourth-order valence-electron chi connectivity index (χ4n) is 2.74. The molecule has 0 bridgehead atoms. The van der Waals surface area contributed by atoms with E-state index < -0.39 is 29.1 Å². The van der Waals surface area contributed by atoms with Gasteiger partial charge in [0.15, 0.2) is 11.6 Å². The second-order valence-corrected chi connectivity index (χ2v) is 9.52. The van der Waals surface area contributed by atoms with E-state index in [4.69, 9.17) is 9.15 Å². The van der Waals surface area contributed by atoms with Crippen molar-refractivity contribution in [1.29, 1.82) is 0 Å². The maximum Gasteiger partial charge on any atom is 0.410 e. The Bertz CT molecular complexity index is 1180. The van der Waals surface area contributed by atoms with Gasteiger partial charge in [-0.2, -0.15) is 0 Å². The smallest absolute Gasteiger partial charge is 0.410 e. The van der Waals surface area contributed by atoms with Gasteiger partial charge in [0.05, 0.1) is 16.9 Å². The van der Waals surface area contributed by atoms with Crippen LogP contribution in [0.1, 0.15) is 20.8 Å². The van der Waals surface area contributed by atoms with Crippen LogP contribution in [0.2, 0.25) is 0 Å². The predicted molar refractivity (Wildman–Crippen MR) is 129 cm³/mol. The number of hydrogen-bond acceptors (Lipinski definition) is 7. The Morgan fingerprint density at radius 2 is 1.88 bits per heavy atom. The van der Waals surface area contributed by atoms with Gasteiger partial charge in [-0.3, -0.25) is 0 Å². The van der Waals surface area contributed by atoms with E-state index in [2.05, 4.69) is 20.8 Å². The Morgan fingerprint density at radius 3 is 2.56 bits per heavy atom. The van der Waals surface area contributed by atoms with Crippen LogP contribution in [0.5, 0.6) is 0 Å². The molecule has 0 saturated carbocycles. The third-order valence-electron chi connectivity index (χ3n) is 4.37. The molecule has 0 saturated heterocycles. The Balaban J connectivity index is 1.73. The number of carbonyl (C=O) groups is 1. The van der Waals surface area contributed by atoms with Crippen molar-refractivity contribution in [1.82, 2.24) is 15.1 Å². The second-order valence-electron chi connectivity index (χ2n) is 8.27. The molecule has 0 aliphatic rings. The normalized spacial score (nSPS) is 11.3. The summed E-state index contributed by atoms with van der Waals surface area (Å²) < 4.78 is 54.3. The highest BCUT2D eigenvalue weighted by molar-refractivity contribution is 14.1. The summed E-state index contributed by atoms with van der Waals surface area (Å²) in [4.78, 5) is 13.4. The molecule has 1 heterocycles. The van der Waals surface area contributed by atoms with Gasteiger partial charge >= 0.3 is 12.1 Å². The van der Waals surface area contributed by atoms with Crippen molar-refractivity contribution in [2.75, 3.05) is 30.8 Å². The predicted octanol–water partition coefficient (Wildman–Crippen LogP) is 5.78. The Morgan fingerprint density at radius 1 is 1.15 bits per heavy atom. The Hall–Kier alpha value is -3.03. The minimum absolute atomic E-state index is 0.00344. The number of likely N-dealkylation sites (N-methyl/N-ethyl adjacent to an activating group) is 1. The summed E-state index contributed by atoms with van der Waals surface area (Å²) in [6, 6.07) is 6.44. The zero-order valence-corrected chi connectivity index (χ0v) is 21.0. The van der Waals surface area contributed by atoms with Crippen LogP contribution < -0.4 is 10.6 Å². The maximum absolute atomic E-state index is 14.6. The number of hydrogen-bond donors (Lipinski definition) is 2. The lowest BCUT2D eigenvalue weighted by atomic mass is 10.1. The molecule has 0 aliphatic heterocycles. The van der Waals surface area contributed by atoms with Crippen molar-refractivity contribution in [2.24, 2.45) is 0 Å². The zero-order chi connectivity index (χ0) is 25.0. The van der Waals surface area contributed by atoms with Crippen molar-refractivity contribution in [2.45, 2.75) is 26.4 Å². The van der Waals surface area contributed by atoms with E-state index >= 15 is 0 Å². The van der Waals surface area contributed by atoms with E-state index in [1.165, 1.54) is 23.1 Å². The summed E-state index contributed by atoms with van der Waals surface area (Å²) in [5.74, 6) is -3.10. The number of amides is 1. The summed E-state index contributed by atoms with van der Waals surface area (Å²) >= 11 is 1.94. The van der Waals surface area contributed by atoms with Crippen LogP contribution in [-0.4, -0.2) is 46.9 Å². The zero-order valence-electron chi connectivity index (χ0n) is 18.9. The molecule has 0 unspecified atom stereocenters. The summed E-state index contributed by atoms with van der Waals surface area (Å²) in [7, 11) is 1.58. The van der Waals surface area contributed by atoms with E-state index in [1.54, 1.807) is 33.9 Å². The molecule has 34 heavy (non-hydrogen) atoms. The van der Waals surface area contributed by atoms with Gasteiger partial charge in [0.1, 0.15) is 11.4 Å².